The third kappa shape index (κ3) is 4.22. The summed E-state index contributed by atoms with van der Waals surface area (Å²) in [6.45, 7) is 1.91. The van der Waals surface area contributed by atoms with Crippen molar-refractivity contribution < 1.29 is 14.3 Å². The molecule has 0 saturated heterocycles. The van der Waals surface area contributed by atoms with Gasteiger partial charge in [-0.25, -0.2) is 9.97 Å². The zero-order valence-electron chi connectivity index (χ0n) is 14.1. The van der Waals surface area contributed by atoms with E-state index in [0.29, 0.717) is 22.3 Å². The third-order valence-corrected chi connectivity index (χ3v) is 4.22. The number of hydrogen-bond donors (Lipinski definition) is 2. The molecule has 2 N–H and O–H groups in total. The molecule has 0 fully saturated rings. The second-order valence-corrected chi connectivity index (χ2v) is 6.25. The molecule has 0 aliphatic rings. The maximum Gasteiger partial charge on any atom is 0.276 e. The number of ether oxygens (including phenoxy) is 1. The molecule has 0 bridgehead atoms. The Kier molecular flexibility index (Phi) is 5.23. The molecule has 3 rings (SSSR count). The minimum atomic E-state index is -0.385. The molecule has 2 aromatic heterocycles. The number of aryl methyl sites for hydroxylation is 1. The number of amides is 2. The number of nitrogens with zero attached hydrogens (tertiary/aromatic N) is 2. The van der Waals surface area contributed by atoms with Crippen molar-refractivity contribution >= 4 is 34.1 Å². The van der Waals surface area contributed by atoms with Gasteiger partial charge in [0.1, 0.15) is 17.3 Å². The van der Waals surface area contributed by atoms with Crippen LogP contribution in [0.25, 0.3) is 0 Å². The standard InChI is InChI=1S/C18H16N4O3S/c1-11-7-8-19-15(9-11)21-17(24)14-10-26-18(20-14)22-16(23)12-3-5-13(25-2)6-4-12/h3-10H,1-2H3,(H,19,21,24)(H,20,22,23). The van der Waals surface area contributed by atoms with Gasteiger partial charge in [0.2, 0.25) is 0 Å². The van der Waals surface area contributed by atoms with E-state index in [1.54, 1.807) is 49.0 Å². The number of thiazole rings is 1. The van der Waals surface area contributed by atoms with Crippen LogP contribution in [0.2, 0.25) is 0 Å². The Labute approximate surface area is 154 Å². The topological polar surface area (TPSA) is 93.2 Å². The van der Waals surface area contributed by atoms with Crippen LogP contribution in [0.3, 0.4) is 0 Å². The molecular formula is C18H16N4O3S. The summed E-state index contributed by atoms with van der Waals surface area (Å²) in [6.07, 6.45) is 1.62. The molecule has 0 radical (unpaired) electrons. The van der Waals surface area contributed by atoms with Crippen LogP contribution < -0.4 is 15.4 Å². The Bertz CT molecular complexity index is 938. The third-order valence-electron chi connectivity index (χ3n) is 3.47. The largest absolute Gasteiger partial charge is 0.497 e. The predicted molar refractivity (Wildman–Crippen MR) is 100.0 cm³/mol. The molecule has 0 spiro atoms. The molecule has 0 aliphatic carbocycles. The van der Waals surface area contributed by atoms with Crippen molar-refractivity contribution in [2.24, 2.45) is 0 Å². The summed E-state index contributed by atoms with van der Waals surface area (Å²) in [4.78, 5) is 32.7. The second kappa shape index (κ2) is 7.75. The van der Waals surface area contributed by atoms with Gasteiger partial charge in [0.05, 0.1) is 7.11 Å². The van der Waals surface area contributed by atoms with Crippen LogP contribution in [0.5, 0.6) is 5.75 Å². The lowest BCUT2D eigenvalue weighted by Gasteiger charge is -2.04. The Balaban J connectivity index is 1.65. The number of carbonyl (C=O) groups is 2. The van der Waals surface area contributed by atoms with E-state index < -0.39 is 0 Å². The van der Waals surface area contributed by atoms with Crippen molar-refractivity contribution in [1.29, 1.82) is 0 Å². The smallest absolute Gasteiger partial charge is 0.276 e. The quantitative estimate of drug-likeness (QED) is 0.720. The molecule has 1 aromatic carbocycles. The minimum absolute atomic E-state index is 0.211. The van der Waals surface area contributed by atoms with Gasteiger partial charge < -0.3 is 10.1 Å². The highest BCUT2D eigenvalue weighted by Gasteiger charge is 2.14. The number of anilines is 2. The van der Waals surface area contributed by atoms with Crippen molar-refractivity contribution in [3.63, 3.8) is 0 Å². The number of nitrogens with one attached hydrogen (secondary N) is 2. The van der Waals surface area contributed by atoms with E-state index in [1.807, 2.05) is 13.0 Å². The fourth-order valence-electron chi connectivity index (χ4n) is 2.13. The van der Waals surface area contributed by atoms with Crippen molar-refractivity contribution in [2.45, 2.75) is 6.92 Å². The fraction of sp³-hybridized carbons (Fsp3) is 0.111. The zero-order chi connectivity index (χ0) is 18.5. The minimum Gasteiger partial charge on any atom is -0.497 e. The highest BCUT2D eigenvalue weighted by atomic mass is 32.1. The van der Waals surface area contributed by atoms with Gasteiger partial charge >= 0.3 is 0 Å². The van der Waals surface area contributed by atoms with E-state index in [9.17, 15) is 9.59 Å². The maximum absolute atomic E-state index is 12.2. The lowest BCUT2D eigenvalue weighted by molar-refractivity contribution is 0.101. The molecule has 0 saturated carbocycles. The van der Waals surface area contributed by atoms with Crippen LogP contribution in [0.15, 0.2) is 48.0 Å². The van der Waals surface area contributed by atoms with Gasteiger partial charge in [-0.05, 0) is 48.9 Å². The predicted octanol–water partition coefficient (Wildman–Crippen LogP) is 3.36. The Hall–Kier alpha value is -3.26. The van der Waals surface area contributed by atoms with Crippen LogP contribution in [-0.4, -0.2) is 28.9 Å². The lowest BCUT2D eigenvalue weighted by atomic mass is 10.2. The van der Waals surface area contributed by atoms with Gasteiger partial charge in [0, 0.05) is 17.1 Å². The molecular weight excluding hydrogens is 352 g/mol. The highest BCUT2D eigenvalue weighted by molar-refractivity contribution is 7.14. The second-order valence-electron chi connectivity index (χ2n) is 5.39. The molecule has 8 heteroatoms. The van der Waals surface area contributed by atoms with Gasteiger partial charge in [0.15, 0.2) is 5.13 Å². The van der Waals surface area contributed by atoms with E-state index >= 15 is 0 Å². The first-order chi connectivity index (χ1) is 12.5. The summed E-state index contributed by atoms with van der Waals surface area (Å²) >= 11 is 1.17. The molecule has 26 heavy (non-hydrogen) atoms. The van der Waals surface area contributed by atoms with Crippen molar-refractivity contribution in [3.8, 4) is 5.75 Å². The summed E-state index contributed by atoms with van der Waals surface area (Å²) in [7, 11) is 1.56. The molecule has 7 nitrogen and oxygen atoms in total. The van der Waals surface area contributed by atoms with Crippen molar-refractivity contribution in [1.82, 2.24) is 9.97 Å². The normalized spacial score (nSPS) is 10.2. The van der Waals surface area contributed by atoms with Crippen LogP contribution in [0.1, 0.15) is 26.4 Å². The van der Waals surface area contributed by atoms with Crippen LogP contribution in [-0.2, 0) is 0 Å². The highest BCUT2D eigenvalue weighted by Crippen LogP contribution is 2.18. The van der Waals surface area contributed by atoms with Gasteiger partial charge in [-0.15, -0.1) is 11.3 Å². The molecule has 132 valence electrons. The van der Waals surface area contributed by atoms with Gasteiger partial charge in [-0.1, -0.05) is 0 Å². The van der Waals surface area contributed by atoms with E-state index in [2.05, 4.69) is 20.6 Å². The summed E-state index contributed by atoms with van der Waals surface area (Å²) < 4.78 is 5.06. The van der Waals surface area contributed by atoms with E-state index in [0.717, 1.165) is 5.56 Å². The number of methoxy groups -OCH3 is 1. The Morgan fingerprint density at radius 1 is 1.08 bits per heavy atom. The summed E-state index contributed by atoms with van der Waals surface area (Å²) in [5, 5.41) is 7.27. The Morgan fingerprint density at radius 2 is 1.85 bits per heavy atom. The first-order valence-corrected chi connectivity index (χ1v) is 8.58. The number of pyridine rings is 1. The SMILES string of the molecule is COc1ccc(C(=O)Nc2nc(C(=O)Nc3cc(C)ccn3)cs2)cc1. The zero-order valence-corrected chi connectivity index (χ0v) is 15.0. The average Bonchev–Trinajstić information content (AvgIpc) is 3.10. The molecule has 2 heterocycles. The number of benzene rings is 1. The Morgan fingerprint density at radius 3 is 2.54 bits per heavy atom. The van der Waals surface area contributed by atoms with Gasteiger partial charge in [-0.3, -0.25) is 14.9 Å². The van der Waals surface area contributed by atoms with E-state index in [-0.39, 0.29) is 17.5 Å². The molecule has 0 unspecified atom stereocenters. The van der Waals surface area contributed by atoms with Crippen LogP contribution >= 0.6 is 11.3 Å². The number of rotatable bonds is 5. The van der Waals surface area contributed by atoms with Gasteiger partial charge in [0.25, 0.3) is 11.8 Å². The molecule has 3 aromatic rings. The van der Waals surface area contributed by atoms with Crippen molar-refractivity contribution in [3.05, 3.63) is 64.8 Å². The first-order valence-electron chi connectivity index (χ1n) is 7.70. The van der Waals surface area contributed by atoms with Gasteiger partial charge in [-0.2, -0.15) is 0 Å². The summed E-state index contributed by atoms with van der Waals surface area (Å²) in [6, 6.07) is 10.3. The summed E-state index contributed by atoms with van der Waals surface area (Å²) in [5.41, 5.74) is 1.67. The molecule has 2 amide bonds. The lowest BCUT2D eigenvalue weighted by Crippen LogP contribution is -2.15. The number of hydrogen-bond acceptors (Lipinski definition) is 6. The summed E-state index contributed by atoms with van der Waals surface area (Å²) in [5.74, 6) is 0.421. The van der Waals surface area contributed by atoms with E-state index in [4.69, 9.17) is 4.74 Å². The maximum atomic E-state index is 12.2. The van der Waals surface area contributed by atoms with E-state index in [1.165, 1.54) is 11.3 Å². The molecule has 0 atom stereocenters. The fourth-order valence-corrected chi connectivity index (χ4v) is 2.82. The van der Waals surface area contributed by atoms with Crippen LogP contribution in [0, 0.1) is 6.92 Å². The number of aromatic nitrogens is 2. The molecule has 0 aliphatic heterocycles. The number of carbonyl (C=O) groups excluding carboxylic acids is 2. The average molecular weight is 368 g/mol. The van der Waals surface area contributed by atoms with Crippen molar-refractivity contribution in [2.75, 3.05) is 17.7 Å². The first kappa shape index (κ1) is 17.6. The van der Waals surface area contributed by atoms with Crippen LogP contribution in [0.4, 0.5) is 10.9 Å². The monoisotopic (exact) mass is 368 g/mol.